The predicted molar refractivity (Wildman–Crippen MR) is 70.3 cm³/mol. The quantitative estimate of drug-likeness (QED) is 0.832. The van der Waals surface area contributed by atoms with Crippen LogP contribution in [0.25, 0.3) is 0 Å². The summed E-state index contributed by atoms with van der Waals surface area (Å²) in [6.07, 6.45) is 6.32. The minimum absolute atomic E-state index is 0.0109. The third-order valence-corrected chi connectivity index (χ3v) is 3.94. The second-order valence-corrected chi connectivity index (χ2v) is 5.27. The van der Waals surface area contributed by atoms with Crippen LogP contribution in [-0.4, -0.2) is 18.1 Å². The average molecular weight is 245 g/mol. The highest BCUT2D eigenvalue weighted by Gasteiger charge is 2.49. The number of anilines is 1. The molecule has 1 aliphatic carbocycles. The molecule has 1 aliphatic heterocycles. The second kappa shape index (κ2) is 5.11. The lowest BCUT2D eigenvalue weighted by Gasteiger charge is -2.19. The number of benzene rings is 1. The van der Waals surface area contributed by atoms with Gasteiger partial charge in [0.05, 0.1) is 6.10 Å². The van der Waals surface area contributed by atoms with Gasteiger partial charge < -0.3 is 10.1 Å². The molecule has 3 nitrogen and oxygen atoms in total. The van der Waals surface area contributed by atoms with E-state index in [1.165, 1.54) is 32.1 Å². The van der Waals surface area contributed by atoms with Gasteiger partial charge in [-0.25, -0.2) is 0 Å². The number of epoxide rings is 1. The molecular weight excluding hydrogens is 226 g/mol. The molecule has 3 heteroatoms. The molecule has 1 heterocycles. The van der Waals surface area contributed by atoms with Crippen LogP contribution >= 0.6 is 0 Å². The van der Waals surface area contributed by atoms with Gasteiger partial charge in [0.2, 0.25) is 0 Å². The summed E-state index contributed by atoms with van der Waals surface area (Å²) in [6.45, 7) is 0. The molecule has 0 unspecified atom stereocenters. The van der Waals surface area contributed by atoms with Gasteiger partial charge in [-0.3, -0.25) is 4.79 Å². The van der Waals surface area contributed by atoms with Crippen LogP contribution in [0.3, 0.4) is 0 Å². The van der Waals surface area contributed by atoms with Crippen molar-refractivity contribution in [3.05, 3.63) is 30.3 Å². The summed E-state index contributed by atoms with van der Waals surface area (Å²) in [5.41, 5.74) is 0.848. The van der Waals surface area contributed by atoms with Gasteiger partial charge in [-0.1, -0.05) is 37.5 Å². The van der Waals surface area contributed by atoms with Crippen molar-refractivity contribution >= 4 is 11.6 Å². The number of hydrogen-bond acceptors (Lipinski definition) is 2. The zero-order valence-corrected chi connectivity index (χ0v) is 10.5. The molecule has 2 fully saturated rings. The van der Waals surface area contributed by atoms with E-state index in [0.29, 0.717) is 5.92 Å². The molecule has 1 saturated carbocycles. The van der Waals surface area contributed by atoms with Crippen molar-refractivity contribution in [2.75, 3.05) is 5.32 Å². The standard InChI is InChI=1S/C15H19NO2/c17-15(16-12-9-5-2-6-10-12)14-13(18-14)11-7-3-1-4-8-11/h2,5-6,9-11,13-14H,1,3-4,7-8H2,(H,16,17)/t13-,14-/m0/s1. The summed E-state index contributed by atoms with van der Waals surface area (Å²) in [6, 6.07) is 9.57. The molecule has 3 rings (SSSR count). The first-order valence-electron chi connectivity index (χ1n) is 6.86. The van der Waals surface area contributed by atoms with Gasteiger partial charge in [0.15, 0.2) is 6.10 Å². The van der Waals surface area contributed by atoms with Crippen LogP contribution in [0.1, 0.15) is 32.1 Å². The van der Waals surface area contributed by atoms with Crippen LogP contribution in [0.2, 0.25) is 0 Å². The number of hydrogen-bond donors (Lipinski definition) is 1. The maximum absolute atomic E-state index is 12.0. The summed E-state index contributed by atoms with van der Waals surface area (Å²) in [5, 5.41) is 2.91. The number of ether oxygens (including phenoxy) is 1. The molecule has 0 spiro atoms. The van der Waals surface area contributed by atoms with Crippen molar-refractivity contribution in [2.24, 2.45) is 5.92 Å². The monoisotopic (exact) mass is 245 g/mol. The molecule has 1 amide bonds. The molecule has 2 atom stereocenters. The zero-order valence-electron chi connectivity index (χ0n) is 10.5. The van der Waals surface area contributed by atoms with E-state index in [1.54, 1.807) is 0 Å². The SMILES string of the molecule is O=C(Nc1ccccc1)[C@H]1O[C@H]1C1CCCCC1. The summed E-state index contributed by atoms with van der Waals surface area (Å²) < 4.78 is 5.58. The van der Waals surface area contributed by atoms with E-state index in [1.807, 2.05) is 30.3 Å². The molecule has 18 heavy (non-hydrogen) atoms. The smallest absolute Gasteiger partial charge is 0.256 e. The molecule has 0 bridgehead atoms. The Morgan fingerprint density at radius 3 is 2.56 bits per heavy atom. The van der Waals surface area contributed by atoms with Crippen molar-refractivity contribution in [3.63, 3.8) is 0 Å². The highest BCUT2D eigenvalue weighted by molar-refractivity contribution is 5.96. The predicted octanol–water partition coefficient (Wildman–Crippen LogP) is 2.97. The molecule has 1 aromatic carbocycles. The van der Waals surface area contributed by atoms with Crippen LogP contribution in [0.5, 0.6) is 0 Å². The molecule has 96 valence electrons. The molecular formula is C15H19NO2. The largest absolute Gasteiger partial charge is 0.359 e. The first-order valence-corrected chi connectivity index (χ1v) is 6.86. The maximum Gasteiger partial charge on any atom is 0.256 e. The third-order valence-electron chi connectivity index (χ3n) is 3.94. The maximum atomic E-state index is 12.0. The first kappa shape index (κ1) is 11.7. The van der Waals surface area contributed by atoms with Crippen molar-refractivity contribution in [3.8, 4) is 0 Å². The lowest BCUT2D eigenvalue weighted by molar-refractivity contribution is -0.117. The molecule has 1 aromatic rings. The summed E-state index contributed by atoms with van der Waals surface area (Å²) >= 11 is 0. The molecule has 2 aliphatic rings. The molecule has 1 saturated heterocycles. The van der Waals surface area contributed by atoms with E-state index in [9.17, 15) is 4.79 Å². The third kappa shape index (κ3) is 2.56. The average Bonchev–Trinajstić information content (AvgIpc) is 3.21. The summed E-state index contributed by atoms with van der Waals surface area (Å²) in [5.74, 6) is 0.613. The van der Waals surface area contributed by atoms with Gasteiger partial charge in [-0.2, -0.15) is 0 Å². The van der Waals surface area contributed by atoms with Crippen molar-refractivity contribution < 1.29 is 9.53 Å². The summed E-state index contributed by atoms with van der Waals surface area (Å²) in [4.78, 5) is 12.0. The van der Waals surface area contributed by atoms with Gasteiger partial charge in [-0.15, -0.1) is 0 Å². The Bertz CT molecular complexity index is 412. The van der Waals surface area contributed by atoms with Crippen LogP contribution in [-0.2, 0) is 9.53 Å². The first-order chi connectivity index (χ1) is 8.84. The van der Waals surface area contributed by atoms with E-state index >= 15 is 0 Å². The fourth-order valence-electron chi connectivity index (χ4n) is 2.89. The number of nitrogens with one attached hydrogen (secondary N) is 1. The molecule has 0 radical (unpaired) electrons. The second-order valence-electron chi connectivity index (χ2n) is 5.27. The van der Waals surface area contributed by atoms with Gasteiger partial charge in [-0.05, 0) is 30.9 Å². The van der Waals surface area contributed by atoms with Gasteiger partial charge in [0.1, 0.15) is 0 Å². The minimum Gasteiger partial charge on any atom is -0.359 e. The topological polar surface area (TPSA) is 41.6 Å². The lowest BCUT2D eigenvalue weighted by atomic mass is 9.86. The van der Waals surface area contributed by atoms with Crippen molar-refractivity contribution in [2.45, 2.75) is 44.3 Å². The molecule has 0 aromatic heterocycles. The number of rotatable bonds is 3. The minimum atomic E-state index is -0.215. The number of carbonyl (C=O) groups is 1. The number of carbonyl (C=O) groups excluding carboxylic acids is 1. The van der Waals surface area contributed by atoms with Gasteiger partial charge >= 0.3 is 0 Å². The fourth-order valence-corrected chi connectivity index (χ4v) is 2.89. The van der Waals surface area contributed by atoms with Crippen molar-refractivity contribution in [1.29, 1.82) is 0 Å². The van der Waals surface area contributed by atoms with Crippen LogP contribution in [0, 0.1) is 5.92 Å². The Hall–Kier alpha value is -1.35. The Balaban J connectivity index is 1.53. The van der Waals surface area contributed by atoms with E-state index in [2.05, 4.69) is 5.32 Å². The normalized spacial score (nSPS) is 27.8. The Labute approximate surface area is 108 Å². The highest BCUT2D eigenvalue weighted by atomic mass is 16.6. The van der Waals surface area contributed by atoms with Crippen LogP contribution in [0.15, 0.2) is 30.3 Å². The van der Waals surface area contributed by atoms with Crippen LogP contribution < -0.4 is 5.32 Å². The van der Waals surface area contributed by atoms with Crippen molar-refractivity contribution in [1.82, 2.24) is 0 Å². The lowest BCUT2D eigenvalue weighted by Crippen LogP contribution is -2.23. The number of para-hydroxylation sites is 1. The summed E-state index contributed by atoms with van der Waals surface area (Å²) in [7, 11) is 0. The van der Waals surface area contributed by atoms with E-state index in [-0.39, 0.29) is 18.1 Å². The fraction of sp³-hybridized carbons (Fsp3) is 0.533. The van der Waals surface area contributed by atoms with Crippen LogP contribution in [0.4, 0.5) is 5.69 Å². The van der Waals surface area contributed by atoms with E-state index in [4.69, 9.17) is 4.74 Å². The Kier molecular flexibility index (Phi) is 3.33. The number of amides is 1. The highest BCUT2D eigenvalue weighted by Crippen LogP contribution is 2.38. The van der Waals surface area contributed by atoms with Gasteiger partial charge in [0.25, 0.3) is 5.91 Å². The van der Waals surface area contributed by atoms with Gasteiger partial charge in [0, 0.05) is 5.69 Å². The van der Waals surface area contributed by atoms with E-state index in [0.717, 1.165) is 5.69 Å². The zero-order chi connectivity index (χ0) is 12.4. The Morgan fingerprint density at radius 1 is 1.11 bits per heavy atom. The molecule has 1 N–H and O–H groups in total. The van der Waals surface area contributed by atoms with E-state index < -0.39 is 0 Å². The Morgan fingerprint density at radius 2 is 1.83 bits per heavy atom.